The van der Waals surface area contributed by atoms with Crippen molar-refractivity contribution < 1.29 is 35.1 Å². The quantitative estimate of drug-likeness (QED) is 0.251. The summed E-state index contributed by atoms with van der Waals surface area (Å²) in [5.74, 6) is -1.30. The van der Waals surface area contributed by atoms with Crippen LogP contribution in [0.2, 0.25) is 0 Å². The average molecular weight is 194 g/mol. The zero-order chi connectivity index (χ0) is 10.2. The molecule has 13 heavy (non-hydrogen) atoms. The summed E-state index contributed by atoms with van der Waals surface area (Å²) in [6, 6.07) is 0. The number of rotatable bonds is 0. The van der Waals surface area contributed by atoms with Crippen LogP contribution < -0.4 is 0 Å². The summed E-state index contributed by atoms with van der Waals surface area (Å²) in [7, 11) is 0. The van der Waals surface area contributed by atoms with Gasteiger partial charge in [-0.15, -0.1) is 0 Å². The van der Waals surface area contributed by atoms with Gasteiger partial charge in [-0.05, 0) is 0 Å². The Morgan fingerprint density at radius 3 is 2.00 bits per heavy atom. The molecule has 7 heteroatoms. The minimum atomic E-state index is -1.97. The lowest BCUT2D eigenvalue weighted by molar-refractivity contribution is -0.194. The Morgan fingerprint density at radius 1 is 0.923 bits per heavy atom. The monoisotopic (exact) mass is 194 g/mol. The van der Waals surface area contributed by atoms with E-state index in [9.17, 15) is 4.79 Å². The number of esters is 1. The molecule has 1 aliphatic heterocycles. The Kier molecular flexibility index (Phi) is 2.84. The third-order valence-electron chi connectivity index (χ3n) is 1.79. The van der Waals surface area contributed by atoms with E-state index in [0.717, 1.165) is 0 Å². The molecule has 0 spiro atoms. The number of aliphatic hydroxyl groups is 5. The van der Waals surface area contributed by atoms with Crippen LogP contribution in [0.25, 0.3) is 0 Å². The maximum absolute atomic E-state index is 10.7. The first-order valence-electron chi connectivity index (χ1n) is 3.56. The molecule has 1 unspecified atom stereocenters. The Morgan fingerprint density at radius 2 is 1.46 bits per heavy atom. The lowest BCUT2D eigenvalue weighted by atomic mass is 10.0. The zero-order valence-electron chi connectivity index (χ0n) is 6.44. The lowest BCUT2D eigenvalue weighted by Crippen LogP contribution is -2.46. The fourth-order valence-electron chi connectivity index (χ4n) is 0.955. The Labute approximate surface area is 72.8 Å². The van der Waals surface area contributed by atoms with Crippen molar-refractivity contribution in [2.45, 2.75) is 30.7 Å². The van der Waals surface area contributed by atoms with Crippen molar-refractivity contribution in [1.29, 1.82) is 0 Å². The second-order valence-corrected chi connectivity index (χ2v) is 2.74. The van der Waals surface area contributed by atoms with Crippen molar-refractivity contribution in [3.8, 4) is 0 Å². The highest BCUT2D eigenvalue weighted by molar-refractivity contribution is 5.75. The molecule has 5 atom stereocenters. The van der Waals surface area contributed by atoms with Crippen molar-refractivity contribution in [3.05, 3.63) is 0 Å². The summed E-state index contributed by atoms with van der Waals surface area (Å²) in [5, 5.41) is 44.8. The van der Waals surface area contributed by atoms with Crippen LogP contribution in [-0.4, -0.2) is 62.2 Å². The minimum absolute atomic E-state index is 1.30. The van der Waals surface area contributed by atoms with Gasteiger partial charge in [-0.3, -0.25) is 0 Å². The number of hydrogen-bond acceptors (Lipinski definition) is 7. The van der Waals surface area contributed by atoms with Crippen LogP contribution in [0.15, 0.2) is 0 Å². The second kappa shape index (κ2) is 3.56. The van der Waals surface area contributed by atoms with Crippen molar-refractivity contribution >= 4 is 5.97 Å². The summed E-state index contributed by atoms with van der Waals surface area (Å²) in [6.07, 6.45) is -9.47. The van der Waals surface area contributed by atoms with Gasteiger partial charge in [0.25, 0.3) is 0 Å². The molecule has 0 aromatic carbocycles. The first-order chi connectivity index (χ1) is 5.95. The molecule has 1 rings (SSSR count). The first-order valence-corrected chi connectivity index (χ1v) is 3.56. The third kappa shape index (κ3) is 1.79. The van der Waals surface area contributed by atoms with E-state index in [1.54, 1.807) is 0 Å². The third-order valence-corrected chi connectivity index (χ3v) is 1.79. The highest BCUT2D eigenvalue weighted by Crippen LogP contribution is 2.15. The van der Waals surface area contributed by atoms with Crippen LogP contribution >= 0.6 is 0 Å². The Bertz CT molecular complexity index is 205. The molecule has 0 aromatic heterocycles. The van der Waals surface area contributed by atoms with E-state index in [-0.39, 0.29) is 0 Å². The molecular weight excluding hydrogens is 184 g/mol. The van der Waals surface area contributed by atoms with Gasteiger partial charge < -0.3 is 30.3 Å². The molecule has 1 saturated heterocycles. The predicted molar refractivity (Wildman–Crippen MR) is 36.1 cm³/mol. The standard InChI is InChI=1S/C6H10O7/c7-1-2(8)4(10)6(12)13-5(11)3(1)9/h1-5,7-11H/t1-,2+,3-,4+,5?/m1/s1. The summed E-state index contributed by atoms with van der Waals surface area (Å²) in [6.45, 7) is 0. The number of hydrogen-bond donors (Lipinski definition) is 5. The van der Waals surface area contributed by atoms with Crippen LogP contribution in [0.3, 0.4) is 0 Å². The fourth-order valence-corrected chi connectivity index (χ4v) is 0.955. The molecule has 5 N–H and O–H groups in total. The van der Waals surface area contributed by atoms with Gasteiger partial charge in [0.1, 0.15) is 18.3 Å². The van der Waals surface area contributed by atoms with Crippen molar-refractivity contribution in [2.75, 3.05) is 0 Å². The minimum Gasteiger partial charge on any atom is -0.431 e. The van der Waals surface area contributed by atoms with Crippen LogP contribution in [0.5, 0.6) is 0 Å². The van der Waals surface area contributed by atoms with E-state index in [0.29, 0.717) is 0 Å². The summed E-state index contributed by atoms with van der Waals surface area (Å²) in [4.78, 5) is 10.7. The molecule has 0 bridgehead atoms. The molecule has 0 aliphatic carbocycles. The van der Waals surface area contributed by atoms with E-state index >= 15 is 0 Å². The normalized spacial score (nSPS) is 46.8. The SMILES string of the molecule is O=C1OC(O)[C@H](O)[C@H](O)[C@H](O)[C@@H]1O. The highest BCUT2D eigenvalue weighted by atomic mass is 16.7. The number of carbonyl (C=O) groups excluding carboxylic acids is 1. The summed E-state index contributed by atoms with van der Waals surface area (Å²) >= 11 is 0. The zero-order valence-corrected chi connectivity index (χ0v) is 6.44. The topological polar surface area (TPSA) is 127 Å². The smallest absolute Gasteiger partial charge is 0.340 e. The molecular formula is C6H10O7. The first kappa shape index (κ1) is 10.4. The molecule has 0 amide bonds. The molecule has 1 fully saturated rings. The summed E-state index contributed by atoms with van der Waals surface area (Å²) in [5.41, 5.74) is 0. The fraction of sp³-hybridized carbons (Fsp3) is 0.833. The van der Waals surface area contributed by atoms with Gasteiger partial charge in [0.15, 0.2) is 6.10 Å². The van der Waals surface area contributed by atoms with Crippen LogP contribution in [0.1, 0.15) is 0 Å². The van der Waals surface area contributed by atoms with Gasteiger partial charge in [-0.2, -0.15) is 0 Å². The largest absolute Gasteiger partial charge is 0.431 e. The van der Waals surface area contributed by atoms with Crippen molar-refractivity contribution in [3.63, 3.8) is 0 Å². The van der Waals surface area contributed by atoms with Gasteiger partial charge >= 0.3 is 5.97 Å². The highest BCUT2D eigenvalue weighted by Gasteiger charge is 2.43. The van der Waals surface area contributed by atoms with Gasteiger partial charge in [-0.25, -0.2) is 4.79 Å². The Hall–Kier alpha value is -0.730. The van der Waals surface area contributed by atoms with Crippen LogP contribution in [-0.2, 0) is 9.53 Å². The van der Waals surface area contributed by atoms with Crippen LogP contribution in [0.4, 0.5) is 0 Å². The van der Waals surface area contributed by atoms with Gasteiger partial charge in [0, 0.05) is 0 Å². The molecule has 76 valence electrons. The molecule has 7 nitrogen and oxygen atoms in total. The average Bonchev–Trinajstić information content (AvgIpc) is 2.15. The maximum Gasteiger partial charge on any atom is 0.340 e. The lowest BCUT2D eigenvalue weighted by Gasteiger charge is -2.20. The van der Waals surface area contributed by atoms with E-state index < -0.39 is 36.7 Å². The molecule has 0 saturated carbocycles. The van der Waals surface area contributed by atoms with E-state index in [1.807, 2.05) is 0 Å². The Balaban J connectivity index is 2.85. The predicted octanol–water partition coefficient (Wildman–Crippen LogP) is -3.69. The second-order valence-electron chi connectivity index (χ2n) is 2.74. The van der Waals surface area contributed by atoms with Crippen molar-refractivity contribution in [1.82, 2.24) is 0 Å². The molecule has 0 radical (unpaired) electrons. The van der Waals surface area contributed by atoms with E-state index in [1.165, 1.54) is 0 Å². The number of ether oxygens (including phenoxy) is 1. The van der Waals surface area contributed by atoms with Crippen LogP contribution in [0, 0.1) is 0 Å². The summed E-state index contributed by atoms with van der Waals surface area (Å²) < 4.78 is 4.07. The van der Waals surface area contributed by atoms with Crippen molar-refractivity contribution in [2.24, 2.45) is 0 Å². The van der Waals surface area contributed by atoms with Gasteiger partial charge in [-0.1, -0.05) is 0 Å². The molecule has 1 heterocycles. The van der Waals surface area contributed by atoms with E-state index in [2.05, 4.69) is 4.74 Å². The molecule has 0 aromatic rings. The van der Waals surface area contributed by atoms with Gasteiger partial charge in [0.05, 0.1) is 0 Å². The number of aliphatic hydroxyl groups excluding tert-OH is 5. The number of carbonyl (C=O) groups is 1. The maximum atomic E-state index is 10.7. The van der Waals surface area contributed by atoms with E-state index in [4.69, 9.17) is 25.5 Å². The van der Waals surface area contributed by atoms with Gasteiger partial charge in [0.2, 0.25) is 6.29 Å². The number of cyclic esters (lactones) is 1. The molecule has 1 aliphatic rings.